The molecule has 130 valence electrons. The molecule has 0 spiro atoms. The summed E-state index contributed by atoms with van der Waals surface area (Å²) < 4.78 is 0. The van der Waals surface area contributed by atoms with E-state index in [0.29, 0.717) is 5.54 Å². The lowest BCUT2D eigenvalue weighted by molar-refractivity contribution is 0.0361. The van der Waals surface area contributed by atoms with Gasteiger partial charge in [-0.05, 0) is 22.1 Å². The van der Waals surface area contributed by atoms with Crippen molar-refractivity contribution in [2.45, 2.75) is 58.0 Å². The first-order valence-corrected chi connectivity index (χ1v) is 12.5. The topological polar surface area (TPSA) is 20.2 Å². The summed E-state index contributed by atoms with van der Waals surface area (Å²) in [5, 5.41) is 11.3. The molecular formula is C22H32OSi. The lowest BCUT2D eigenvalue weighted by atomic mass is 9.75. The van der Waals surface area contributed by atoms with Crippen molar-refractivity contribution >= 4 is 8.07 Å². The number of hydrogen-bond donors (Lipinski definition) is 1. The van der Waals surface area contributed by atoms with E-state index in [9.17, 15) is 5.11 Å². The maximum absolute atomic E-state index is 11.3. The molecule has 0 aliphatic rings. The van der Waals surface area contributed by atoms with Crippen LogP contribution in [0, 0.1) is 5.41 Å². The summed E-state index contributed by atoms with van der Waals surface area (Å²) in [6.45, 7) is 13.7. The Morgan fingerprint density at radius 1 is 0.750 bits per heavy atom. The molecule has 24 heavy (non-hydrogen) atoms. The fraction of sp³-hybridized carbons (Fsp3) is 0.455. The minimum atomic E-state index is -1.57. The molecule has 0 amide bonds. The van der Waals surface area contributed by atoms with Crippen LogP contribution in [0.2, 0.25) is 19.6 Å². The highest BCUT2D eigenvalue weighted by Gasteiger charge is 2.42. The molecule has 0 bridgehead atoms. The summed E-state index contributed by atoms with van der Waals surface area (Å²) in [6.07, 6.45) is -0.392. The molecule has 0 fully saturated rings. The fourth-order valence-electron chi connectivity index (χ4n) is 3.68. The van der Waals surface area contributed by atoms with Gasteiger partial charge in [-0.15, -0.1) is 0 Å². The lowest BCUT2D eigenvalue weighted by Crippen LogP contribution is -2.43. The van der Waals surface area contributed by atoms with Crippen molar-refractivity contribution in [3.8, 4) is 0 Å². The third kappa shape index (κ3) is 4.37. The Morgan fingerprint density at radius 3 is 1.54 bits per heavy atom. The van der Waals surface area contributed by atoms with Crippen LogP contribution in [0.5, 0.6) is 0 Å². The molecule has 0 aromatic heterocycles. The highest BCUT2D eigenvalue weighted by molar-refractivity contribution is 6.77. The molecule has 0 heterocycles. The van der Waals surface area contributed by atoms with Crippen molar-refractivity contribution in [3.05, 3.63) is 71.8 Å². The van der Waals surface area contributed by atoms with Crippen molar-refractivity contribution < 1.29 is 5.11 Å². The van der Waals surface area contributed by atoms with E-state index in [4.69, 9.17) is 0 Å². The van der Waals surface area contributed by atoms with Gasteiger partial charge in [0.25, 0.3) is 0 Å². The molecule has 0 saturated carbocycles. The quantitative estimate of drug-likeness (QED) is 0.678. The maximum atomic E-state index is 11.3. The first kappa shape index (κ1) is 18.9. The minimum absolute atomic E-state index is 0.111. The van der Waals surface area contributed by atoms with Gasteiger partial charge >= 0.3 is 0 Å². The van der Waals surface area contributed by atoms with Gasteiger partial charge in [-0.2, -0.15) is 0 Å². The van der Waals surface area contributed by atoms with Gasteiger partial charge < -0.3 is 5.11 Å². The minimum Gasteiger partial charge on any atom is -0.392 e. The smallest absolute Gasteiger partial charge is 0.0660 e. The second-order valence-electron chi connectivity index (χ2n) is 9.00. The van der Waals surface area contributed by atoms with Gasteiger partial charge in [0, 0.05) is 5.92 Å². The number of rotatable bonds is 5. The summed E-state index contributed by atoms with van der Waals surface area (Å²) in [7, 11) is -1.57. The van der Waals surface area contributed by atoms with Crippen molar-refractivity contribution in [1.82, 2.24) is 0 Å². The molecule has 0 aliphatic heterocycles. The third-order valence-electron chi connectivity index (χ3n) is 4.86. The highest BCUT2D eigenvalue weighted by atomic mass is 28.3. The van der Waals surface area contributed by atoms with Gasteiger partial charge in [-0.25, -0.2) is 0 Å². The number of aliphatic hydroxyl groups excluding tert-OH is 1. The van der Waals surface area contributed by atoms with Crippen LogP contribution in [0.25, 0.3) is 0 Å². The summed E-state index contributed by atoms with van der Waals surface area (Å²) in [5.41, 5.74) is 2.81. The largest absolute Gasteiger partial charge is 0.392 e. The molecule has 3 atom stereocenters. The van der Waals surface area contributed by atoms with Gasteiger partial charge in [-0.1, -0.05) is 101 Å². The second kappa shape index (κ2) is 7.24. The van der Waals surface area contributed by atoms with Crippen LogP contribution in [0.15, 0.2) is 60.7 Å². The van der Waals surface area contributed by atoms with Crippen molar-refractivity contribution in [2.75, 3.05) is 0 Å². The molecular weight excluding hydrogens is 308 g/mol. The Bertz CT molecular complexity index is 623. The molecule has 2 aromatic carbocycles. The van der Waals surface area contributed by atoms with Crippen molar-refractivity contribution in [3.63, 3.8) is 0 Å². The number of aliphatic hydroxyl groups is 1. The Balaban J connectivity index is 2.62. The number of benzene rings is 2. The summed E-state index contributed by atoms with van der Waals surface area (Å²) >= 11 is 0. The van der Waals surface area contributed by atoms with E-state index < -0.39 is 14.2 Å². The number of hydrogen-bond acceptors (Lipinski definition) is 1. The van der Waals surface area contributed by atoms with Crippen LogP contribution in [0.1, 0.15) is 43.4 Å². The average molecular weight is 341 g/mol. The van der Waals surface area contributed by atoms with Crippen LogP contribution >= 0.6 is 0 Å². The Kier molecular flexibility index (Phi) is 5.72. The van der Waals surface area contributed by atoms with Gasteiger partial charge in [-0.3, -0.25) is 0 Å². The zero-order chi connectivity index (χ0) is 18.0. The highest BCUT2D eigenvalue weighted by Crippen LogP contribution is 2.45. The first-order valence-electron chi connectivity index (χ1n) is 8.90. The van der Waals surface area contributed by atoms with Crippen LogP contribution in [0.3, 0.4) is 0 Å². The zero-order valence-electron chi connectivity index (χ0n) is 16.0. The predicted molar refractivity (Wildman–Crippen MR) is 107 cm³/mol. The molecule has 2 heteroatoms. The van der Waals surface area contributed by atoms with E-state index in [2.05, 4.69) is 101 Å². The van der Waals surface area contributed by atoms with E-state index in [0.717, 1.165) is 0 Å². The third-order valence-corrected chi connectivity index (χ3v) is 7.42. The zero-order valence-corrected chi connectivity index (χ0v) is 17.0. The normalized spacial score (nSPS) is 16.5. The monoisotopic (exact) mass is 340 g/mol. The van der Waals surface area contributed by atoms with Crippen molar-refractivity contribution in [1.29, 1.82) is 0 Å². The summed E-state index contributed by atoms with van der Waals surface area (Å²) in [5.74, 6) is 0.111. The van der Waals surface area contributed by atoms with E-state index in [1.165, 1.54) is 11.1 Å². The maximum Gasteiger partial charge on any atom is 0.0660 e. The van der Waals surface area contributed by atoms with Gasteiger partial charge in [0.15, 0.2) is 0 Å². The van der Waals surface area contributed by atoms with E-state index in [1.807, 2.05) is 0 Å². The average Bonchev–Trinajstić information content (AvgIpc) is 2.51. The Morgan fingerprint density at radius 2 is 1.17 bits per heavy atom. The summed E-state index contributed by atoms with van der Waals surface area (Å²) in [6, 6.07) is 21.3. The van der Waals surface area contributed by atoms with E-state index >= 15 is 0 Å². The van der Waals surface area contributed by atoms with Gasteiger partial charge in [0.2, 0.25) is 0 Å². The molecule has 0 aliphatic carbocycles. The van der Waals surface area contributed by atoms with Crippen LogP contribution in [0.4, 0.5) is 0 Å². The van der Waals surface area contributed by atoms with Crippen LogP contribution in [-0.2, 0) is 0 Å². The molecule has 0 radical (unpaired) electrons. The van der Waals surface area contributed by atoms with Gasteiger partial charge in [0.05, 0.1) is 14.2 Å². The van der Waals surface area contributed by atoms with Crippen molar-refractivity contribution in [2.24, 2.45) is 5.41 Å². The van der Waals surface area contributed by atoms with Crippen LogP contribution in [-0.4, -0.2) is 19.3 Å². The predicted octanol–water partition coefficient (Wildman–Crippen LogP) is 5.84. The van der Waals surface area contributed by atoms with Gasteiger partial charge in [0.1, 0.15) is 0 Å². The first-order chi connectivity index (χ1) is 11.1. The molecule has 1 nitrogen and oxygen atoms in total. The molecule has 1 N–H and O–H groups in total. The standard InChI is InChI=1S/C22H32OSi/c1-22(2,3)21(23)19(17-13-9-7-10-14-17)20(24(4,5)6)18-15-11-8-12-16-18/h7-16,19-21,23H,1-6H3. The molecule has 0 saturated heterocycles. The Labute approximate surface area is 148 Å². The van der Waals surface area contributed by atoms with Crippen LogP contribution < -0.4 is 0 Å². The molecule has 2 rings (SSSR count). The van der Waals surface area contributed by atoms with E-state index in [1.54, 1.807) is 0 Å². The molecule has 2 aromatic rings. The second-order valence-corrected chi connectivity index (χ2v) is 14.4. The summed E-state index contributed by atoms with van der Waals surface area (Å²) in [4.78, 5) is 0. The SMILES string of the molecule is CC(C)(C)C(O)C(c1ccccc1)C(c1ccccc1)[Si](C)(C)C. The van der Waals surface area contributed by atoms with E-state index in [-0.39, 0.29) is 11.3 Å². The fourth-order valence-corrected chi connectivity index (χ4v) is 6.32. The molecule has 3 unspecified atom stereocenters. The Hall–Kier alpha value is -1.38. The lowest BCUT2D eigenvalue weighted by Gasteiger charge is -2.43.